The quantitative estimate of drug-likeness (QED) is 0.394. The highest BCUT2D eigenvalue weighted by Crippen LogP contribution is 2.33. The molecule has 1 aliphatic rings. The van der Waals surface area contributed by atoms with Crippen LogP contribution in [-0.2, 0) is 11.0 Å². The Bertz CT molecular complexity index is 1230. The second kappa shape index (κ2) is 9.11. The molecule has 0 radical (unpaired) electrons. The normalized spacial score (nSPS) is 14.8. The molecule has 3 aromatic rings. The molecule has 1 amide bonds. The summed E-state index contributed by atoms with van der Waals surface area (Å²) in [6.45, 7) is 0. The zero-order chi connectivity index (χ0) is 22.9. The van der Waals surface area contributed by atoms with Crippen LogP contribution in [0.1, 0.15) is 37.3 Å². The van der Waals surface area contributed by atoms with Gasteiger partial charge in [-0.15, -0.1) is 0 Å². The Labute approximate surface area is 190 Å². The van der Waals surface area contributed by atoms with Gasteiger partial charge in [0.05, 0.1) is 27.2 Å². The number of para-hydroxylation sites is 1. The number of fused-ring (bicyclic) bond motifs is 1. The lowest BCUT2D eigenvalue weighted by Crippen LogP contribution is -2.27. The maximum absolute atomic E-state index is 13.1. The van der Waals surface area contributed by atoms with Gasteiger partial charge in [0.15, 0.2) is 11.0 Å². The first kappa shape index (κ1) is 22.6. The van der Waals surface area contributed by atoms with Crippen LogP contribution in [0.3, 0.4) is 0 Å². The molecule has 32 heavy (non-hydrogen) atoms. The molecule has 1 N–H and O–H groups in total. The molecule has 0 saturated heterocycles. The van der Waals surface area contributed by atoms with Crippen LogP contribution in [0.25, 0.3) is 10.9 Å². The van der Waals surface area contributed by atoms with Crippen LogP contribution < -0.4 is 10.9 Å². The van der Waals surface area contributed by atoms with E-state index in [1.165, 1.54) is 0 Å². The fourth-order valence-corrected chi connectivity index (χ4v) is 4.77. The summed E-state index contributed by atoms with van der Waals surface area (Å²) in [6, 6.07) is 7.78. The molecule has 0 bridgehead atoms. The van der Waals surface area contributed by atoms with E-state index in [1.807, 2.05) is 0 Å². The van der Waals surface area contributed by atoms with Crippen molar-refractivity contribution >= 4 is 46.0 Å². The fourth-order valence-electron chi connectivity index (χ4n) is 3.69. The number of aromatic nitrogens is 3. The van der Waals surface area contributed by atoms with E-state index in [1.54, 1.807) is 28.8 Å². The average molecular weight is 483 g/mol. The summed E-state index contributed by atoms with van der Waals surface area (Å²) in [5.41, 5.74) is -0.601. The van der Waals surface area contributed by atoms with Gasteiger partial charge in [0, 0.05) is 12.2 Å². The summed E-state index contributed by atoms with van der Waals surface area (Å²) < 4.78 is 39.9. The van der Waals surface area contributed by atoms with E-state index >= 15 is 0 Å². The Morgan fingerprint density at radius 1 is 1.25 bits per heavy atom. The Hall–Kier alpha value is -2.59. The number of carbonyl (C=O) groups excluding carboxylic acids is 1. The standard InChI is InChI=1S/C21H18ClF3N4O2S/c22-15-9-12(21(23,24)25)10-26-18(15)28-17(30)11-32-20-27-16-8-4-3-7-14(16)19(31)29(20)13-5-1-2-6-13/h3-4,7-10,13H,1-2,5-6,11H2,(H,26,28,30). The van der Waals surface area contributed by atoms with Crippen LogP contribution in [0, 0.1) is 0 Å². The van der Waals surface area contributed by atoms with Gasteiger partial charge in [0.2, 0.25) is 5.91 Å². The van der Waals surface area contributed by atoms with Crippen molar-refractivity contribution in [2.75, 3.05) is 11.1 Å². The van der Waals surface area contributed by atoms with Crippen molar-refractivity contribution in [3.8, 4) is 0 Å². The van der Waals surface area contributed by atoms with Crippen molar-refractivity contribution in [2.24, 2.45) is 0 Å². The number of amides is 1. The molecule has 0 aliphatic heterocycles. The number of nitrogens with zero attached hydrogens (tertiary/aromatic N) is 3. The van der Waals surface area contributed by atoms with E-state index in [0.29, 0.717) is 28.3 Å². The minimum absolute atomic E-state index is 0.0243. The lowest BCUT2D eigenvalue weighted by Gasteiger charge is -2.18. The maximum atomic E-state index is 13.1. The second-order valence-corrected chi connectivity index (χ2v) is 8.76. The lowest BCUT2D eigenvalue weighted by molar-refractivity contribution is -0.137. The molecule has 2 heterocycles. The molecule has 1 aliphatic carbocycles. The van der Waals surface area contributed by atoms with Gasteiger partial charge in [-0.2, -0.15) is 13.2 Å². The smallest absolute Gasteiger partial charge is 0.309 e. The first-order chi connectivity index (χ1) is 15.2. The average Bonchev–Trinajstić information content (AvgIpc) is 3.27. The SMILES string of the molecule is O=C(CSc1nc2ccccc2c(=O)n1C1CCCC1)Nc1ncc(C(F)(F)F)cc1Cl. The molecular formula is C21H18ClF3N4O2S. The van der Waals surface area contributed by atoms with Gasteiger partial charge in [-0.3, -0.25) is 14.2 Å². The van der Waals surface area contributed by atoms with Crippen molar-refractivity contribution < 1.29 is 18.0 Å². The summed E-state index contributed by atoms with van der Waals surface area (Å²) in [5, 5.41) is 3.05. The number of anilines is 1. The summed E-state index contributed by atoms with van der Waals surface area (Å²) in [7, 11) is 0. The van der Waals surface area contributed by atoms with E-state index in [2.05, 4.69) is 15.3 Å². The van der Waals surface area contributed by atoms with Crippen molar-refractivity contribution in [2.45, 2.75) is 43.1 Å². The van der Waals surface area contributed by atoms with Crippen molar-refractivity contribution in [1.29, 1.82) is 0 Å². The zero-order valence-corrected chi connectivity index (χ0v) is 18.2. The monoisotopic (exact) mass is 482 g/mol. The Balaban J connectivity index is 1.54. The summed E-state index contributed by atoms with van der Waals surface area (Å²) >= 11 is 6.94. The molecule has 4 rings (SSSR count). The van der Waals surface area contributed by atoms with Crippen LogP contribution >= 0.6 is 23.4 Å². The number of benzene rings is 1. The molecule has 1 saturated carbocycles. The van der Waals surface area contributed by atoms with Crippen LogP contribution in [0.15, 0.2) is 46.5 Å². The molecule has 1 fully saturated rings. The molecule has 0 spiro atoms. The highest BCUT2D eigenvalue weighted by molar-refractivity contribution is 7.99. The predicted molar refractivity (Wildman–Crippen MR) is 117 cm³/mol. The van der Waals surface area contributed by atoms with E-state index < -0.39 is 17.6 Å². The summed E-state index contributed by atoms with van der Waals surface area (Å²) in [5.74, 6) is -0.800. The fraction of sp³-hybridized carbons (Fsp3) is 0.333. The third kappa shape index (κ3) is 4.75. The third-order valence-electron chi connectivity index (χ3n) is 5.22. The number of thioether (sulfide) groups is 1. The van der Waals surface area contributed by atoms with Crippen LogP contribution in [0.4, 0.5) is 19.0 Å². The van der Waals surface area contributed by atoms with Gasteiger partial charge in [-0.05, 0) is 31.0 Å². The number of halogens is 4. The van der Waals surface area contributed by atoms with Gasteiger partial charge in [-0.25, -0.2) is 9.97 Å². The first-order valence-corrected chi connectivity index (χ1v) is 11.3. The van der Waals surface area contributed by atoms with E-state index in [0.717, 1.165) is 37.4 Å². The summed E-state index contributed by atoms with van der Waals surface area (Å²) in [4.78, 5) is 33.8. The second-order valence-electron chi connectivity index (χ2n) is 7.41. The number of hydrogen-bond acceptors (Lipinski definition) is 5. The van der Waals surface area contributed by atoms with E-state index in [-0.39, 0.29) is 28.2 Å². The number of carbonyl (C=O) groups is 1. The van der Waals surface area contributed by atoms with E-state index in [4.69, 9.17) is 11.6 Å². The van der Waals surface area contributed by atoms with Crippen molar-refractivity contribution in [3.05, 3.63) is 57.5 Å². The molecule has 6 nitrogen and oxygen atoms in total. The molecule has 2 aromatic heterocycles. The molecule has 168 valence electrons. The van der Waals surface area contributed by atoms with Crippen molar-refractivity contribution in [1.82, 2.24) is 14.5 Å². The highest BCUT2D eigenvalue weighted by Gasteiger charge is 2.31. The predicted octanol–water partition coefficient (Wildman–Crippen LogP) is 5.31. The Kier molecular flexibility index (Phi) is 6.43. The Morgan fingerprint density at radius 2 is 1.97 bits per heavy atom. The van der Waals surface area contributed by atoms with Crippen LogP contribution in [0.2, 0.25) is 5.02 Å². The minimum Gasteiger partial charge on any atom is -0.309 e. The number of rotatable bonds is 5. The molecule has 0 unspecified atom stereocenters. The number of alkyl halides is 3. The number of pyridine rings is 1. The number of hydrogen-bond donors (Lipinski definition) is 1. The number of nitrogens with one attached hydrogen (secondary N) is 1. The molecule has 0 atom stereocenters. The van der Waals surface area contributed by atoms with Gasteiger partial charge < -0.3 is 5.32 Å². The third-order valence-corrected chi connectivity index (χ3v) is 6.46. The summed E-state index contributed by atoms with van der Waals surface area (Å²) in [6.07, 6.45) is -0.202. The van der Waals surface area contributed by atoms with Gasteiger partial charge >= 0.3 is 6.18 Å². The molecule has 1 aromatic carbocycles. The zero-order valence-electron chi connectivity index (χ0n) is 16.7. The van der Waals surface area contributed by atoms with Gasteiger partial charge in [0.1, 0.15) is 0 Å². The first-order valence-electron chi connectivity index (χ1n) is 9.90. The minimum atomic E-state index is -4.58. The maximum Gasteiger partial charge on any atom is 0.417 e. The molecule has 11 heteroatoms. The van der Waals surface area contributed by atoms with Crippen molar-refractivity contribution in [3.63, 3.8) is 0 Å². The lowest BCUT2D eigenvalue weighted by atomic mass is 10.2. The topological polar surface area (TPSA) is 76.9 Å². The van der Waals surface area contributed by atoms with Crippen LogP contribution in [0.5, 0.6) is 0 Å². The molecular weight excluding hydrogens is 465 g/mol. The largest absolute Gasteiger partial charge is 0.417 e. The van der Waals surface area contributed by atoms with Crippen LogP contribution in [-0.4, -0.2) is 26.2 Å². The van der Waals surface area contributed by atoms with E-state index in [9.17, 15) is 22.8 Å². The Morgan fingerprint density at radius 3 is 2.66 bits per heavy atom. The highest BCUT2D eigenvalue weighted by atomic mass is 35.5. The van der Waals surface area contributed by atoms with Gasteiger partial charge in [-0.1, -0.05) is 48.3 Å². The van der Waals surface area contributed by atoms with Gasteiger partial charge in [0.25, 0.3) is 5.56 Å².